The van der Waals surface area contributed by atoms with Crippen LogP contribution in [-0.4, -0.2) is 9.78 Å². The van der Waals surface area contributed by atoms with Gasteiger partial charge in [0.25, 0.3) is 5.56 Å². The maximum absolute atomic E-state index is 13.1. The van der Waals surface area contributed by atoms with Crippen LogP contribution >= 0.6 is 15.9 Å². The van der Waals surface area contributed by atoms with E-state index in [1.165, 1.54) is 16.8 Å². The van der Waals surface area contributed by atoms with Gasteiger partial charge in [-0.15, -0.1) is 0 Å². The minimum Gasteiger partial charge on any atom is -0.267 e. The first-order valence-corrected chi connectivity index (χ1v) is 6.83. The molecule has 5 heteroatoms. The zero-order chi connectivity index (χ0) is 14.1. The van der Waals surface area contributed by atoms with E-state index in [1.54, 1.807) is 18.3 Å². The molecule has 0 N–H and O–H groups in total. The van der Waals surface area contributed by atoms with Gasteiger partial charge < -0.3 is 0 Å². The van der Waals surface area contributed by atoms with Gasteiger partial charge in [-0.25, -0.2) is 9.07 Å². The number of fused-ring (bicyclic) bond motifs is 1. The SMILES string of the molecule is O=c1c2ccccc2cnn1Cc1ccc(F)cc1Br. The molecule has 1 aromatic heterocycles. The van der Waals surface area contributed by atoms with E-state index in [0.717, 1.165) is 10.9 Å². The Morgan fingerprint density at radius 1 is 1.20 bits per heavy atom. The Balaban J connectivity index is 2.07. The summed E-state index contributed by atoms with van der Waals surface area (Å²) in [7, 11) is 0. The van der Waals surface area contributed by atoms with Crippen molar-refractivity contribution in [3.05, 3.63) is 74.9 Å². The van der Waals surface area contributed by atoms with Crippen LogP contribution in [0.3, 0.4) is 0 Å². The molecule has 0 saturated carbocycles. The molecule has 0 aliphatic rings. The molecule has 100 valence electrons. The lowest BCUT2D eigenvalue weighted by Crippen LogP contribution is -2.23. The van der Waals surface area contributed by atoms with Crippen LogP contribution in [0.15, 0.2) is 57.9 Å². The van der Waals surface area contributed by atoms with E-state index in [4.69, 9.17) is 0 Å². The molecule has 3 rings (SSSR count). The van der Waals surface area contributed by atoms with Gasteiger partial charge in [0.15, 0.2) is 0 Å². The highest BCUT2D eigenvalue weighted by Gasteiger charge is 2.07. The summed E-state index contributed by atoms with van der Waals surface area (Å²) in [5.74, 6) is -0.320. The van der Waals surface area contributed by atoms with E-state index >= 15 is 0 Å². The predicted octanol–water partition coefficient (Wildman–Crippen LogP) is 3.35. The summed E-state index contributed by atoms with van der Waals surface area (Å²) in [6, 6.07) is 11.7. The van der Waals surface area contributed by atoms with Crippen molar-refractivity contribution in [2.24, 2.45) is 0 Å². The Labute approximate surface area is 122 Å². The second-order valence-electron chi connectivity index (χ2n) is 4.43. The molecule has 0 saturated heterocycles. The average molecular weight is 333 g/mol. The second-order valence-corrected chi connectivity index (χ2v) is 5.28. The number of halogens is 2. The summed E-state index contributed by atoms with van der Waals surface area (Å²) in [6.07, 6.45) is 1.66. The molecule has 3 aromatic rings. The lowest BCUT2D eigenvalue weighted by atomic mass is 10.2. The number of aromatic nitrogens is 2. The third-order valence-electron chi connectivity index (χ3n) is 3.10. The molecular formula is C15H10BrFN2O. The van der Waals surface area contributed by atoms with Gasteiger partial charge in [0.2, 0.25) is 0 Å². The van der Waals surface area contributed by atoms with E-state index in [1.807, 2.05) is 18.2 Å². The van der Waals surface area contributed by atoms with Crippen molar-refractivity contribution in [3.8, 4) is 0 Å². The molecule has 20 heavy (non-hydrogen) atoms. The predicted molar refractivity (Wildman–Crippen MR) is 79.2 cm³/mol. The van der Waals surface area contributed by atoms with Crippen LogP contribution in [0.4, 0.5) is 4.39 Å². The Hall–Kier alpha value is -2.01. The standard InChI is InChI=1S/C15H10BrFN2O/c16-14-7-12(17)6-5-11(14)9-19-15(20)13-4-2-1-3-10(13)8-18-19/h1-8H,9H2. The van der Waals surface area contributed by atoms with Gasteiger partial charge in [-0.05, 0) is 23.8 Å². The first-order chi connectivity index (χ1) is 9.65. The van der Waals surface area contributed by atoms with Gasteiger partial charge in [-0.2, -0.15) is 5.10 Å². The molecule has 0 bridgehead atoms. The highest BCUT2D eigenvalue weighted by molar-refractivity contribution is 9.10. The van der Waals surface area contributed by atoms with E-state index in [2.05, 4.69) is 21.0 Å². The fraction of sp³-hybridized carbons (Fsp3) is 0.0667. The van der Waals surface area contributed by atoms with Crippen LogP contribution < -0.4 is 5.56 Å². The normalized spacial score (nSPS) is 10.9. The van der Waals surface area contributed by atoms with E-state index < -0.39 is 0 Å². The molecule has 0 spiro atoms. The molecule has 2 aromatic carbocycles. The van der Waals surface area contributed by atoms with Crippen molar-refractivity contribution in [2.75, 3.05) is 0 Å². The van der Waals surface area contributed by atoms with Crippen molar-refractivity contribution in [1.29, 1.82) is 0 Å². The molecular weight excluding hydrogens is 323 g/mol. The van der Waals surface area contributed by atoms with Crippen LogP contribution in [0.5, 0.6) is 0 Å². The minimum absolute atomic E-state index is 0.153. The molecule has 0 radical (unpaired) electrons. The maximum atomic E-state index is 13.1. The van der Waals surface area contributed by atoms with Crippen molar-refractivity contribution >= 4 is 26.7 Å². The number of nitrogens with zero attached hydrogens (tertiary/aromatic N) is 2. The summed E-state index contributed by atoms with van der Waals surface area (Å²) in [6.45, 7) is 0.296. The zero-order valence-corrected chi connectivity index (χ0v) is 12.0. The molecule has 1 heterocycles. The van der Waals surface area contributed by atoms with Gasteiger partial charge >= 0.3 is 0 Å². The van der Waals surface area contributed by atoms with Crippen molar-refractivity contribution in [2.45, 2.75) is 6.54 Å². The largest absolute Gasteiger partial charge is 0.274 e. The summed E-state index contributed by atoms with van der Waals surface area (Å²) < 4.78 is 15.1. The van der Waals surface area contributed by atoms with Crippen LogP contribution in [0.2, 0.25) is 0 Å². The van der Waals surface area contributed by atoms with Crippen LogP contribution in [0.1, 0.15) is 5.56 Å². The van der Waals surface area contributed by atoms with Crippen molar-refractivity contribution in [3.63, 3.8) is 0 Å². The zero-order valence-electron chi connectivity index (χ0n) is 10.4. The van der Waals surface area contributed by atoms with E-state index in [9.17, 15) is 9.18 Å². The molecule has 0 fully saturated rings. The minimum atomic E-state index is -0.320. The lowest BCUT2D eigenvalue weighted by Gasteiger charge is -2.08. The van der Waals surface area contributed by atoms with Crippen LogP contribution in [0, 0.1) is 5.82 Å². The highest BCUT2D eigenvalue weighted by atomic mass is 79.9. The first-order valence-electron chi connectivity index (χ1n) is 6.04. The second kappa shape index (κ2) is 5.17. The van der Waals surface area contributed by atoms with Gasteiger partial charge in [-0.1, -0.05) is 40.2 Å². The molecule has 3 nitrogen and oxygen atoms in total. The Morgan fingerprint density at radius 3 is 2.80 bits per heavy atom. The number of rotatable bonds is 2. The van der Waals surface area contributed by atoms with Crippen LogP contribution in [0.25, 0.3) is 10.8 Å². The fourth-order valence-electron chi connectivity index (χ4n) is 2.05. The summed E-state index contributed by atoms with van der Waals surface area (Å²) in [4.78, 5) is 12.3. The molecule has 0 aliphatic carbocycles. The Kier molecular flexibility index (Phi) is 3.36. The lowest BCUT2D eigenvalue weighted by molar-refractivity contribution is 0.619. The monoisotopic (exact) mass is 332 g/mol. The molecule has 0 atom stereocenters. The van der Waals surface area contributed by atoms with Crippen molar-refractivity contribution in [1.82, 2.24) is 9.78 Å². The van der Waals surface area contributed by atoms with Gasteiger partial charge in [0.1, 0.15) is 5.82 Å². The summed E-state index contributed by atoms with van der Waals surface area (Å²) in [5, 5.41) is 5.59. The number of hydrogen-bond donors (Lipinski definition) is 0. The van der Waals surface area contributed by atoms with Gasteiger partial charge in [0, 0.05) is 9.86 Å². The van der Waals surface area contributed by atoms with Gasteiger partial charge in [-0.3, -0.25) is 4.79 Å². The smallest absolute Gasteiger partial charge is 0.267 e. The maximum Gasteiger partial charge on any atom is 0.274 e. The quantitative estimate of drug-likeness (QED) is 0.721. The third-order valence-corrected chi connectivity index (χ3v) is 3.84. The fourth-order valence-corrected chi connectivity index (χ4v) is 2.53. The topological polar surface area (TPSA) is 34.9 Å². The third kappa shape index (κ3) is 2.36. The van der Waals surface area contributed by atoms with Crippen molar-refractivity contribution < 1.29 is 4.39 Å². The average Bonchev–Trinajstić information content (AvgIpc) is 2.45. The summed E-state index contributed by atoms with van der Waals surface area (Å²) >= 11 is 3.30. The van der Waals surface area contributed by atoms with Gasteiger partial charge in [0.05, 0.1) is 18.1 Å². The Bertz CT molecular complexity index is 845. The number of hydrogen-bond acceptors (Lipinski definition) is 2. The Morgan fingerprint density at radius 2 is 2.00 bits per heavy atom. The van der Waals surface area contributed by atoms with E-state index in [0.29, 0.717) is 16.4 Å². The van der Waals surface area contributed by atoms with Crippen LogP contribution in [-0.2, 0) is 6.54 Å². The number of benzene rings is 2. The first kappa shape index (κ1) is 13.0. The highest BCUT2D eigenvalue weighted by Crippen LogP contribution is 2.18. The molecule has 0 unspecified atom stereocenters. The molecule has 0 aliphatic heterocycles. The van der Waals surface area contributed by atoms with E-state index in [-0.39, 0.29) is 11.4 Å². The molecule has 0 amide bonds. The summed E-state index contributed by atoms with van der Waals surface area (Å²) in [5.41, 5.74) is 0.649.